The molecule has 0 aliphatic carbocycles. The van der Waals surface area contributed by atoms with Crippen LogP contribution in [0.2, 0.25) is 0 Å². The smallest absolute Gasteiger partial charge is 0.289 e. The molecular formula is C16H18N6O2S. The Morgan fingerprint density at radius 3 is 2.88 bits per heavy atom. The van der Waals surface area contributed by atoms with E-state index in [9.17, 15) is 4.79 Å². The van der Waals surface area contributed by atoms with Crippen LogP contribution >= 0.6 is 11.8 Å². The summed E-state index contributed by atoms with van der Waals surface area (Å²) >= 11 is 1.67. The van der Waals surface area contributed by atoms with E-state index in [0.717, 1.165) is 30.4 Å². The van der Waals surface area contributed by atoms with Gasteiger partial charge in [0.1, 0.15) is 17.9 Å². The maximum atomic E-state index is 12.6. The number of nitrogens with zero attached hydrogens (tertiary/aromatic N) is 6. The molecule has 0 radical (unpaired) electrons. The number of amides is 1. The summed E-state index contributed by atoms with van der Waals surface area (Å²) in [4.78, 5) is 20.8. The molecular weight excluding hydrogens is 340 g/mol. The number of anilines is 1. The molecule has 0 spiro atoms. The van der Waals surface area contributed by atoms with E-state index in [4.69, 9.17) is 4.42 Å². The molecule has 3 aromatic rings. The predicted molar refractivity (Wildman–Crippen MR) is 94.8 cm³/mol. The molecule has 1 saturated heterocycles. The van der Waals surface area contributed by atoms with Crippen LogP contribution in [0.3, 0.4) is 0 Å². The van der Waals surface area contributed by atoms with Gasteiger partial charge in [0.15, 0.2) is 5.76 Å². The fourth-order valence-corrected chi connectivity index (χ4v) is 3.43. The van der Waals surface area contributed by atoms with Crippen molar-refractivity contribution < 1.29 is 9.21 Å². The van der Waals surface area contributed by atoms with Crippen LogP contribution in [-0.4, -0.2) is 62.8 Å². The molecule has 0 aromatic carbocycles. The highest BCUT2D eigenvalue weighted by atomic mass is 32.2. The lowest BCUT2D eigenvalue weighted by molar-refractivity contribution is 0.0713. The zero-order valence-electron chi connectivity index (χ0n) is 13.8. The van der Waals surface area contributed by atoms with Gasteiger partial charge in [-0.15, -0.1) is 10.2 Å². The minimum atomic E-state index is -0.0452. The van der Waals surface area contributed by atoms with Crippen LogP contribution in [0.1, 0.15) is 16.3 Å². The number of aromatic nitrogens is 4. The van der Waals surface area contributed by atoms with Crippen molar-refractivity contribution in [3.05, 3.63) is 42.2 Å². The third-order valence-corrected chi connectivity index (χ3v) is 4.81. The number of fused-ring (bicyclic) bond motifs is 1. The number of piperazine rings is 1. The summed E-state index contributed by atoms with van der Waals surface area (Å²) in [5.41, 5.74) is 0. The van der Waals surface area contributed by atoms with Crippen molar-refractivity contribution in [2.24, 2.45) is 0 Å². The van der Waals surface area contributed by atoms with Crippen molar-refractivity contribution in [1.82, 2.24) is 24.5 Å². The van der Waals surface area contributed by atoms with Gasteiger partial charge in [-0.2, -0.15) is 11.8 Å². The molecule has 1 aliphatic heterocycles. The zero-order valence-corrected chi connectivity index (χ0v) is 14.6. The van der Waals surface area contributed by atoms with E-state index in [1.165, 1.54) is 0 Å². The molecule has 9 heteroatoms. The Labute approximate surface area is 148 Å². The van der Waals surface area contributed by atoms with Gasteiger partial charge in [-0.1, -0.05) is 0 Å². The lowest BCUT2D eigenvalue weighted by Crippen LogP contribution is -2.49. The van der Waals surface area contributed by atoms with Crippen LogP contribution in [0.5, 0.6) is 0 Å². The molecule has 1 amide bonds. The van der Waals surface area contributed by atoms with Gasteiger partial charge in [0, 0.05) is 32.4 Å². The van der Waals surface area contributed by atoms with E-state index >= 15 is 0 Å². The lowest BCUT2D eigenvalue weighted by Gasteiger charge is -2.35. The first-order valence-electron chi connectivity index (χ1n) is 8.03. The molecule has 8 nitrogen and oxygen atoms in total. The average molecular weight is 358 g/mol. The molecule has 130 valence electrons. The molecule has 0 bridgehead atoms. The Morgan fingerprint density at radius 1 is 1.24 bits per heavy atom. The van der Waals surface area contributed by atoms with E-state index in [0.29, 0.717) is 24.6 Å². The highest BCUT2D eigenvalue weighted by Gasteiger charge is 2.25. The van der Waals surface area contributed by atoms with E-state index < -0.39 is 0 Å². The van der Waals surface area contributed by atoms with Gasteiger partial charge < -0.3 is 14.2 Å². The highest BCUT2D eigenvalue weighted by molar-refractivity contribution is 7.97. The van der Waals surface area contributed by atoms with Gasteiger partial charge >= 0.3 is 0 Å². The number of hydrogen-bond acceptors (Lipinski definition) is 7. The SMILES string of the molecule is CSCc1ccc(C(=O)N2CCN(c3ccnc4nncn34)CC2)o1. The van der Waals surface area contributed by atoms with Crippen LogP contribution in [0.4, 0.5) is 5.82 Å². The van der Waals surface area contributed by atoms with Crippen LogP contribution in [0.25, 0.3) is 5.78 Å². The summed E-state index contributed by atoms with van der Waals surface area (Å²) in [5, 5.41) is 7.87. The number of rotatable bonds is 4. The van der Waals surface area contributed by atoms with Crippen LogP contribution in [0.15, 0.2) is 35.1 Å². The van der Waals surface area contributed by atoms with Crippen molar-refractivity contribution in [3.63, 3.8) is 0 Å². The Bertz CT molecular complexity index is 884. The van der Waals surface area contributed by atoms with E-state index in [2.05, 4.69) is 20.1 Å². The van der Waals surface area contributed by atoms with Crippen molar-refractivity contribution >= 4 is 29.3 Å². The number of carbonyl (C=O) groups is 1. The van der Waals surface area contributed by atoms with Gasteiger partial charge in [-0.05, 0) is 24.5 Å². The van der Waals surface area contributed by atoms with Gasteiger partial charge in [0.2, 0.25) is 0 Å². The molecule has 0 saturated carbocycles. The van der Waals surface area contributed by atoms with Crippen molar-refractivity contribution in [3.8, 4) is 0 Å². The van der Waals surface area contributed by atoms with E-state index in [1.807, 2.05) is 27.7 Å². The number of thioether (sulfide) groups is 1. The lowest BCUT2D eigenvalue weighted by atomic mass is 10.3. The second-order valence-electron chi connectivity index (χ2n) is 5.78. The van der Waals surface area contributed by atoms with Crippen LogP contribution < -0.4 is 4.90 Å². The first-order chi connectivity index (χ1) is 12.3. The molecule has 0 atom stereocenters. The largest absolute Gasteiger partial charge is 0.455 e. The Balaban J connectivity index is 1.44. The summed E-state index contributed by atoms with van der Waals surface area (Å²) < 4.78 is 7.50. The maximum Gasteiger partial charge on any atom is 0.289 e. The maximum absolute atomic E-state index is 12.6. The van der Waals surface area contributed by atoms with E-state index in [1.54, 1.807) is 30.4 Å². The molecule has 0 unspecified atom stereocenters. The Hall–Kier alpha value is -2.55. The first-order valence-corrected chi connectivity index (χ1v) is 9.42. The van der Waals surface area contributed by atoms with Gasteiger partial charge in [-0.3, -0.25) is 9.20 Å². The Morgan fingerprint density at radius 2 is 2.08 bits per heavy atom. The molecule has 4 rings (SSSR count). The normalized spacial score (nSPS) is 15.1. The second kappa shape index (κ2) is 6.75. The summed E-state index contributed by atoms with van der Waals surface area (Å²) in [6, 6.07) is 5.58. The minimum absolute atomic E-state index is 0.0452. The van der Waals surface area contributed by atoms with Crippen molar-refractivity contribution in [2.75, 3.05) is 37.3 Å². The Kier molecular flexibility index (Phi) is 4.31. The highest BCUT2D eigenvalue weighted by Crippen LogP contribution is 2.19. The molecule has 25 heavy (non-hydrogen) atoms. The number of furan rings is 1. The summed E-state index contributed by atoms with van der Waals surface area (Å²) in [6.07, 6.45) is 5.40. The monoisotopic (exact) mass is 358 g/mol. The standard InChI is InChI=1S/C16H18N6O2S/c1-25-10-12-2-3-13(24-12)15(23)21-8-6-20(7-9-21)14-4-5-17-16-19-18-11-22(14)16/h2-5,11H,6-10H2,1H3. The molecule has 1 aliphatic rings. The third kappa shape index (κ3) is 3.07. The third-order valence-electron chi connectivity index (χ3n) is 4.24. The van der Waals surface area contributed by atoms with Gasteiger partial charge in [0.25, 0.3) is 11.7 Å². The summed E-state index contributed by atoms with van der Waals surface area (Å²) in [5.74, 6) is 3.55. The molecule has 1 fully saturated rings. The molecule has 3 aromatic heterocycles. The van der Waals surface area contributed by atoms with Crippen LogP contribution in [0, 0.1) is 0 Å². The van der Waals surface area contributed by atoms with Crippen molar-refractivity contribution in [2.45, 2.75) is 5.75 Å². The average Bonchev–Trinajstić information content (AvgIpc) is 3.30. The first kappa shape index (κ1) is 15.9. The second-order valence-corrected chi connectivity index (χ2v) is 6.65. The summed E-state index contributed by atoms with van der Waals surface area (Å²) in [7, 11) is 0. The number of hydrogen-bond donors (Lipinski definition) is 0. The van der Waals surface area contributed by atoms with Crippen LogP contribution in [-0.2, 0) is 5.75 Å². The quantitative estimate of drug-likeness (QED) is 0.700. The fraction of sp³-hybridized carbons (Fsp3) is 0.375. The van der Waals surface area contributed by atoms with Gasteiger partial charge in [0.05, 0.1) is 5.75 Å². The topological polar surface area (TPSA) is 79.8 Å². The summed E-state index contributed by atoms with van der Waals surface area (Å²) in [6.45, 7) is 2.76. The molecule has 0 N–H and O–H groups in total. The predicted octanol–water partition coefficient (Wildman–Crippen LogP) is 1.54. The minimum Gasteiger partial charge on any atom is -0.455 e. The fourth-order valence-electron chi connectivity index (χ4n) is 2.99. The van der Waals surface area contributed by atoms with E-state index in [-0.39, 0.29) is 5.91 Å². The van der Waals surface area contributed by atoms with Crippen molar-refractivity contribution in [1.29, 1.82) is 0 Å². The zero-order chi connectivity index (χ0) is 17.2. The molecule has 4 heterocycles. The van der Waals surface area contributed by atoms with Gasteiger partial charge in [-0.25, -0.2) is 4.98 Å². The number of carbonyl (C=O) groups excluding carboxylic acids is 1.